The topological polar surface area (TPSA) is 86.7 Å². The Kier molecular flexibility index (Phi) is 6.15. The average molecular weight is 410 g/mol. The molecule has 2 N–H and O–H groups in total. The highest BCUT2D eigenvalue weighted by molar-refractivity contribution is 7.99. The smallest absolute Gasteiger partial charge is 0.246 e. The lowest BCUT2D eigenvalue weighted by atomic mass is 9.98. The van der Waals surface area contributed by atoms with Gasteiger partial charge in [-0.1, -0.05) is 23.9 Å². The number of halogens is 1. The van der Waals surface area contributed by atoms with E-state index in [1.54, 1.807) is 35.8 Å². The fraction of sp³-hybridized carbons (Fsp3) is 0.278. The third-order valence-electron chi connectivity index (χ3n) is 4.46. The van der Waals surface area contributed by atoms with Crippen LogP contribution in [0.2, 0.25) is 0 Å². The number of hydrogen-bond donors (Lipinski definition) is 2. The predicted molar refractivity (Wildman–Crippen MR) is 98.4 cm³/mol. The monoisotopic (exact) mass is 410 g/mol. The van der Waals surface area contributed by atoms with Crippen molar-refractivity contribution >= 4 is 27.7 Å². The second-order valence-electron chi connectivity index (χ2n) is 6.16. The van der Waals surface area contributed by atoms with Gasteiger partial charge in [-0.25, -0.2) is 18.3 Å². The van der Waals surface area contributed by atoms with E-state index >= 15 is 0 Å². The minimum Gasteiger partial charge on any atom is -0.289 e. The summed E-state index contributed by atoms with van der Waals surface area (Å²) in [6.45, 7) is 0.429. The Bertz CT molecular complexity index is 911. The molecule has 2 aromatic rings. The number of nitrogens with zero attached hydrogens (tertiary/aromatic N) is 1. The van der Waals surface area contributed by atoms with Crippen LogP contribution in [0.4, 0.5) is 4.39 Å². The molecule has 9 heteroatoms. The van der Waals surface area contributed by atoms with Crippen molar-refractivity contribution in [2.24, 2.45) is 5.92 Å². The summed E-state index contributed by atoms with van der Waals surface area (Å²) in [7, 11) is -3.66. The van der Waals surface area contributed by atoms with Crippen LogP contribution in [-0.4, -0.2) is 36.9 Å². The third-order valence-corrected chi connectivity index (χ3v) is 7.43. The van der Waals surface area contributed by atoms with Crippen molar-refractivity contribution in [3.05, 3.63) is 54.3 Å². The summed E-state index contributed by atoms with van der Waals surface area (Å²) >= 11 is 1.22. The van der Waals surface area contributed by atoms with E-state index in [-0.39, 0.29) is 29.7 Å². The van der Waals surface area contributed by atoms with Crippen molar-refractivity contribution in [2.75, 3.05) is 13.1 Å². The second kappa shape index (κ2) is 8.39. The van der Waals surface area contributed by atoms with Gasteiger partial charge in [0.1, 0.15) is 5.82 Å². The number of piperidine rings is 1. The molecule has 1 heterocycles. The predicted octanol–water partition coefficient (Wildman–Crippen LogP) is 2.88. The lowest BCUT2D eigenvalue weighted by Gasteiger charge is -2.30. The summed E-state index contributed by atoms with van der Waals surface area (Å²) in [6, 6.07) is 12.7. The average Bonchev–Trinajstić information content (AvgIpc) is 2.69. The number of benzene rings is 2. The molecule has 1 fully saturated rings. The molecule has 2 aromatic carbocycles. The Morgan fingerprint density at radius 3 is 2.33 bits per heavy atom. The summed E-state index contributed by atoms with van der Waals surface area (Å²) in [4.78, 5) is 12.8. The number of carbonyl (C=O) groups excluding carboxylic acids is 1. The van der Waals surface area contributed by atoms with Gasteiger partial charge in [-0.15, -0.1) is 0 Å². The maximum atomic E-state index is 13.7. The third kappa shape index (κ3) is 4.49. The van der Waals surface area contributed by atoms with Crippen molar-refractivity contribution in [2.45, 2.75) is 27.5 Å². The van der Waals surface area contributed by atoms with Crippen molar-refractivity contribution in [1.82, 2.24) is 9.79 Å². The highest BCUT2D eigenvalue weighted by Crippen LogP contribution is 2.31. The molecule has 0 aromatic heterocycles. The highest BCUT2D eigenvalue weighted by Gasteiger charge is 2.31. The van der Waals surface area contributed by atoms with Crippen molar-refractivity contribution in [1.29, 1.82) is 0 Å². The van der Waals surface area contributed by atoms with Crippen molar-refractivity contribution in [3.63, 3.8) is 0 Å². The fourth-order valence-corrected chi connectivity index (χ4v) is 5.24. The van der Waals surface area contributed by atoms with Crippen LogP contribution in [0.3, 0.4) is 0 Å². The van der Waals surface area contributed by atoms with Gasteiger partial charge in [-0.3, -0.25) is 10.0 Å². The standard InChI is InChI=1S/C18H19FN2O4S2/c19-16-3-1-2-4-17(16)26-14-5-7-15(8-6-14)27(24,25)21-11-9-13(10-12-21)18(22)20-23/h1-8,13,23H,9-12H2,(H,20,22). The van der Waals surface area contributed by atoms with Crippen LogP contribution >= 0.6 is 11.8 Å². The Morgan fingerprint density at radius 2 is 1.74 bits per heavy atom. The van der Waals surface area contributed by atoms with E-state index in [4.69, 9.17) is 5.21 Å². The largest absolute Gasteiger partial charge is 0.289 e. The Hall–Kier alpha value is -1.94. The zero-order chi connectivity index (χ0) is 19.4. The molecule has 0 unspecified atom stereocenters. The molecule has 0 radical (unpaired) electrons. The van der Waals surface area contributed by atoms with Gasteiger partial charge in [0.05, 0.1) is 4.90 Å². The molecule has 0 aliphatic carbocycles. The first-order chi connectivity index (χ1) is 12.9. The van der Waals surface area contributed by atoms with Crippen molar-refractivity contribution < 1.29 is 22.8 Å². The normalized spacial score (nSPS) is 16.2. The van der Waals surface area contributed by atoms with Crippen LogP contribution in [0.5, 0.6) is 0 Å². The first kappa shape index (κ1) is 19.8. The molecular formula is C18H19FN2O4S2. The van der Waals surface area contributed by atoms with Gasteiger partial charge in [-0.05, 0) is 49.2 Å². The van der Waals surface area contributed by atoms with Gasteiger partial charge in [0.25, 0.3) is 0 Å². The van der Waals surface area contributed by atoms with Crippen LogP contribution in [0.15, 0.2) is 63.2 Å². The molecule has 0 bridgehead atoms. The van der Waals surface area contributed by atoms with Crippen LogP contribution in [-0.2, 0) is 14.8 Å². The van der Waals surface area contributed by atoms with Crippen molar-refractivity contribution in [3.8, 4) is 0 Å². The fourth-order valence-electron chi connectivity index (χ4n) is 2.93. The van der Waals surface area contributed by atoms with E-state index in [1.165, 1.54) is 34.3 Å². The van der Waals surface area contributed by atoms with Gasteiger partial charge in [0.15, 0.2) is 0 Å². The number of rotatable bonds is 5. The first-order valence-electron chi connectivity index (χ1n) is 8.38. The van der Waals surface area contributed by atoms with Gasteiger partial charge < -0.3 is 0 Å². The molecule has 144 valence electrons. The Balaban J connectivity index is 1.69. The summed E-state index contributed by atoms with van der Waals surface area (Å²) in [5.41, 5.74) is 1.61. The van der Waals surface area contributed by atoms with E-state index in [2.05, 4.69) is 0 Å². The lowest BCUT2D eigenvalue weighted by Crippen LogP contribution is -2.42. The molecule has 0 spiro atoms. The number of sulfonamides is 1. The molecule has 0 atom stereocenters. The van der Waals surface area contributed by atoms with E-state index in [1.807, 2.05) is 0 Å². The number of carbonyl (C=O) groups is 1. The summed E-state index contributed by atoms with van der Waals surface area (Å²) in [5.74, 6) is -1.20. The number of hydroxylamine groups is 1. The van der Waals surface area contributed by atoms with E-state index in [0.717, 1.165) is 4.90 Å². The van der Waals surface area contributed by atoms with Gasteiger partial charge in [0, 0.05) is 28.8 Å². The zero-order valence-corrected chi connectivity index (χ0v) is 16.0. The maximum absolute atomic E-state index is 13.7. The molecule has 1 amide bonds. The SMILES string of the molecule is O=C(NO)C1CCN(S(=O)(=O)c2ccc(Sc3ccccc3F)cc2)CC1. The van der Waals surface area contributed by atoms with Crippen LogP contribution < -0.4 is 5.48 Å². The molecule has 1 aliphatic rings. The Morgan fingerprint density at radius 1 is 1.11 bits per heavy atom. The first-order valence-corrected chi connectivity index (χ1v) is 10.6. The summed E-state index contributed by atoms with van der Waals surface area (Å²) in [5, 5.41) is 8.68. The minimum atomic E-state index is -3.66. The molecule has 27 heavy (non-hydrogen) atoms. The zero-order valence-electron chi connectivity index (χ0n) is 14.3. The lowest BCUT2D eigenvalue weighted by molar-refractivity contribution is -0.134. The molecular weight excluding hydrogens is 391 g/mol. The maximum Gasteiger partial charge on any atom is 0.246 e. The number of amides is 1. The van der Waals surface area contributed by atoms with E-state index < -0.39 is 15.9 Å². The van der Waals surface area contributed by atoms with E-state index in [0.29, 0.717) is 17.7 Å². The molecule has 1 saturated heterocycles. The van der Waals surface area contributed by atoms with Gasteiger partial charge in [-0.2, -0.15) is 4.31 Å². The van der Waals surface area contributed by atoms with Crippen LogP contribution in [0.1, 0.15) is 12.8 Å². The number of hydrogen-bond acceptors (Lipinski definition) is 5. The number of nitrogens with one attached hydrogen (secondary N) is 1. The van der Waals surface area contributed by atoms with Gasteiger partial charge in [0.2, 0.25) is 15.9 Å². The second-order valence-corrected chi connectivity index (χ2v) is 9.21. The van der Waals surface area contributed by atoms with Gasteiger partial charge >= 0.3 is 0 Å². The summed E-state index contributed by atoms with van der Waals surface area (Å²) in [6.07, 6.45) is 0.708. The molecule has 3 rings (SSSR count). The highest BCUT2D eigenvalue weighted by atomic mass is 32.2. The van der Waals surface area contributed by atoms with Crippen LogP contribution in [0.25, 0.3) is 0 Å². The minimum absolute atomic E-state index is 0.158. The van der Waals surface area contributed by atoms with Crippen LogP contribution in [0, 0.1) is 11.7 Å². The molecule has 0 saturated carbocycles. The molecule has 6 nitrogen and oxygen atoms in total. The Labute approximate surface area is 161 Å². The van der Waals surface area contributed by atoms with E-state index in [9.17, 15) is 17.6 Å². The quantitative estimate of drug-likeness (QED) is 0.585. The molecule has 1 aliphatic heterocycles. The summed E-state index contributed by atoms with van der Waals surface area (Å²) < 4.78 is 40.6.